The van der Waals surface area contributed by atoms with Crippen molar-refractivity contribution in [3.05, 3.63) is 24.5 Å². The van der Waals surface area contributed by atoms with E-state index in [2.05, 4.69) is 4.84 Å². The monoisotopic (exact) mass is 157 g/mol. The van der Waals surface area contributed by atoms with Crippen molar-refractivity contribution in [1.82, 2.24) is 5.48 Å². The normalized spacial score (nSPS) is 10.6. The summed E-state index contributed by atoms with van der Waals surface area (Å²) in [6.07, 6.45) is 6.26. The zero-order valence-electron chi connectivity index (χ0n) is 6.28. The zero-order chi connectivity index (χ0) is 8.53. The van der Waals surface area contributed by atoms with Crippen molar-refractivity contribution in [2.75, 3.05) is 0 Å². The number of allylic oxidation sites excluding steroid dienone is 3. The summed E-state index contributed by atoms with van der Waals surface area (Å²) < 4.78 is 0. The van der Waals surface area contributed by atoms with E-state index < -0.39 is 6.09 Å². The van der Waals surface area contributed by atoms with E-state index in [9.17, 15) is 4.79 Å². The maximum atomic E-state index is 9.80. The molecule has 0 unspecified atom stereocenters. The van der Waals surface area contributed by atoms with Crippen LogP contribution < -0.4 is 5.48 Å². The molecule has 0 bridgehead atoms. The van der Waals surface area contributed by atoms with E-state index in [1.54, 1.807) is 17.6 Å². The number of nitrogens with one attached hydrogen (secondary N) is 1. The van der Waals surface area contributed by atoms with Crippen LogP contribution in [0.4, 0.5) is 4.79 Å². The molecule has 0 aromatic carbocycles. The zero-order valence-corrected chi connectivity index (χ0v) is 6.28. The second kappa shape index (κ2) is 6.67. The average molecular weight is 157 g/mol. The molecule has 4 heteroatoms. The molecule has 0 aromatic rings. The van der Waals surface area contributed by atoms with Gasteiger partial charge in [-0.1, -0.05) is 19.1 Å². The third-order valence-electron chi connectivity index (χ3n) is 0.776. The predicted octanol–water partition coefficient (Wildman–Crippen LogP) is 1.67. The fourth-order valence-corrected chi connectivity index (χ4v) is 0.384. The maximum absolute atomic E-state index is 9.80. The topological polar surface area (TPSA) is 58.6 Å². The number of carboxylic acid groups (broad SMARTS) is 1. The Morgan fingerprint density at radius 3 is 2.91 bits per heavy atom. The largest absolute Gasteiger partial charge is 0.463 e. The molecule has 62 valence electrons. The van der Waals surface area contributed by atoms with Gasteiger partial charge in [0.2, 0.25) is 0 Å². The lowest BCUT2D eigenvalue weighted by atomic mass is 10.4. The molecule has 0 fully saturated rings. The van der Waals surface area contributed by atoms with Crippen LogP contribution >= 0.6 is 0 Å². The van der Waals surface area contributed by atoms with Crippen LogP contribution in [-0.2, 0) is 4.84 Å². The highest BCUT2D eigenvalue weighted by Gasteiger charge is 1.86. The Morgan fingerprint density at radius 1 is 1.64 bits per heavy atom. The van der Waals surface area contributed by atoms with E-state index in [4.69, 9.17) is 5.11 Å². The van der Waals surface area contributed by atoms with E-state index in [0.29, 0.717) is 0 Å². The van der Waals surface area contributed by atoms with Crippen molar-refractivity contribution in [2.24, 2.45) is 0 Å². The van der Waals surface area contributed by atoms with Gasteiger partial charge in [0.25, 0.3) is 0 Å². The molecule has 0 saturated carbocycles. The molecule has 0 spiro atoms. The third-order valence-corrected chi connectivity index (χ3v) is 0.776. The molecular weight excluding hydrogens is 146 g/mol. The smallest absolute Gasteiger partial charge is 0.438 e. The van der Waals surface area contributed by atoms with Gasteiger partial charge in [0.15, 0.2) is 0 Å². The van der Waals surface area contributed by atoms with Crippen molar-refractivity contribution in [3.63, 3.8) is 0 Å². The van der Waals surface area contributed by atoms with Gasteiger partial charge in [0.05, 0.1) is 0 Å². The van der Waals surface area contributed by atoms with Gasteiger partial charge in [0, 0.05) is 0 Å². The minimum atomic E-state index is -1.21. The molecule has 4 nitrogen and oxygen atoms in total. The van der Waals surface area contributed by atoms with Gasteiger partial charge in [-0.25, -0.2) is 4.79 Å². The highest BCUT2D eigenvalue weighted by Crippen LogP contribution is 1.81. The number of amides is 1. The summed E-state index contributed by atoms with van der Waals surface area (Å²) in [7, 11) is 0. The summed E-state index contributed by atoms with van der Waals surface area (Å²) >= 11 is 0. The summed E-state index contributed by atoms with van der Waals surface area (Å²) in [5, 5.41) is 8.03. The van der Waals surface area contributed by atoms with Gasteiger partial charge < -0.3 is 9.94 Å². The van der Waals surface area contributed by atoms with Crippen molar-refractivity contribution in [3.8, 4) is 0 Å². The van der Waals surface area contributed by atoms with Crippen LogP contribution in [-0.4, -0.2) is 11.2 Å². The minimum absolute atomic E-state index is 0.941. The lowest BCUT2D eigenvalue weighted by Gasteiger charge is -1.93. The van der Waals surface area contributed by atoms with Gasteiger partial charge in [-0.15, -0.1) is 0 Å². The summed E-state index contributed by atoms with van der Waals surface area (Å²) in [6, 6.07) is 0. The van der Waals surface area contributed by atoms with Gasteiger partial charge in [-0.05, 0) is 12.5 Å². The van der Waals surface area contributed by atoms with Crippen molar-refractivity contribution in [2.45, 2.75) is 13.3 Å². The molecule has 0 aliphatic heterocycles. The summed E-state index contributed by atoms with van der Waals surface area (Å²) in [5.41, 5.74) is 1.72. The van der Waals surface area contributed by atoms with E-state index in [1.165, 1.54) is 6.26 Å². The van der Waals surface area contributed by atoms with E-state index in [-0.39, 0.29) is 0 Å². The van der Waals surface area contributed by atoms with Crippen LogP contribution in [0.15, 0.2) is 24.5 Å². The van der Waals surface area contributed by atoms with Crippen LogP contribution in [0.25, 0.3) is 0 Å². The number of hydrogen-bond acceptors (Lipinski definition) is 2. The first kappa shape index (κ1) is 9.55. The molecule has 0 aromatic heterocycles. The second-order valence-corrected chi connectivity index (χ2v) is 1.69. The maximum Gasteiger partial charge on any atom is 0.438 e. The van der Waals surface area contributed by atoms with Crippen LogP contribution in [0.1, 0.15) is 13.3 Å². The van der Waals surface area contributed by atoms with E-state index in [0.717, 1.165) is 6.42 Å². The van der Waals surface area contributed by atoms with E-state index in [1.807, 2.05) is 13.0 Å². The molecule has 0 radical (unpaired) electrons. The first-order valence-corrected chi connectivity index (χ1v) is 3.23. The highest BCUT2D eigenvalue weighted by molar-refractivity contribution is 5.62. The summed E-state index contributed by atoms with van der Waals surface area (Å²) in [5.74, 6) is 0. The van der Waals surface area contributed by atoms with Crippen molar-refractivity contribution in [1.29, 1.82) is 0 Å². The number of hydroxylamine groups is 1. The molecular formula is C7H11NO3. The highest BCUT2D eigenvalue weighted by atomic mass is 16.7. The summed E-state index contributed by atoms with van der Waals surface area (Å²) in [4.78, 5) is 14.2. The Bertz CT molecular complexity index is 163. The molecule has 0 saturated heterocycles. The van der Waals surface area contributed by atoms with Crippen molar-refractivity contribution >= 4 is 6.09 Å². The molecule has 1 amide bonds. The molecule has 0 heterocycles. The standard InChI is InChI=1S/C7H11NO3/c1-2-3-4-5-6-11-8-7(9)10/h3-6,8H,2H2,1H3,(H,9,10)/b4-3+,6-5+. The lowest BCUT2D eigenvalue weighted by molar-refractivity contribution is 0.107. The Morgan fingerprint density at radius 2 is 2.36 bits per heavy atom. The number of carbonyl (C=O) groups is 1. The lowest BCUT2D eigenvalue weighted by Crippen LogP contribution is -2.17. The first-order valence-electron chi connectivity index (χ1n) is 3.23. The third kappa shape index (κ3) is 8.55. The minimum Gasteiger partial charge on any atom is -0.463 e. The molecule has 0 aliphatic rings. The van der Waals surface area contributed by atoms with Crippen LogP contribution in [0.5, 0.6) is 0 Å². The Kier molecular flexibility index (Phi) is 5.79. The molecule has 2 N–H and O–H groups in total. The second-order valence-electron chi connectivity index (χ2n) is 1.69. The number of hydrogen-bond donors (Lipinski definition) is 2. The van der Waals surface area contributed by atoms with Gasteiger partial charge >= 0.3 is 6.09 Å². The van der Waals surface area contributed by atoms with E-state index >= 15 is 0 Å². The SMILES string of the molecule is CC/C=C/C=C/ONC(=O)O. The van der Waals surface area contributed by atoms with Crippen LogP contribution in [0, 0.1) is 0 Å². The summed E-state index contributed by atoms with van der Waals surface area (Å²) in [6.45, 7) is 2.00. The van der Waals surface area contributed by atoms with Gasteiger partial charge in [-0.3, -0.25) is 0 Å². The Labute approximate surface area is 65.1 Å². The van der Waals surface area contributed by atoms with Crippen LogP contribution in [0.2, 0.25) is 0 Å². The van der Waals surface area contributed by atoms with Gasteiger partial charge in [0.1, 0.15) is 6.26 Å². The fourth-order valence-electron chi connectivity index (χ4n) is 0.384. The van der Waals surface area contributed by atoms with Gasteiger partial charge in [-0.2, -0.15) is 5.48 Å². The molecule has 11 heavy (non-hydrogen) atoms. The molecule has 0 aliphatic carbocycles. The Hall–Kier alpha value is -1.45. The average Bonchev–Trinajstić information content (AvgIpc) is 1.96. The quantitative estimate of drug-likeness (QED) is 0.370. The molecule has 0 atom stereocenters. The van der Waals surface area contributed by atoms with Crippen molar-refractivity contribution < 1.29 is 14.7 Å². The number of rotatable bonds is 4. The Balaban J connectivity index is 3.30. The first-order chi connectivity index (χ1) is 5.27. The van der Waals surface area contributed by atoms with Crippen LogP contribution in [0.3, 0.4) is 0 Å². The fraction of sp³-hybridized carbons (Fsp3) is 0.286. The predicted molar refractivity (Wildman–Crippen MR) is 40.8 cm³/mol. The molecule has 0 rings (SSSR count).